The van der Waals surface area contributed by atoms with Crippen LogP contribution in [0.15, 0.2) is 12.4 Å². The number of imidazole rings is 1. The molecule has 2 heterocycles. The summed E-state index contributed by atoms with van der Waals surface area (Å²) < 4.78 is 36.9. The number of hydrogen-bond acceptors (Lipinski definition) is 2. The summed E-state index contributed by atoms with van der Waals surface area (Å²) >= 11 is 0. The van der Waals surface area contributed by atoms with Crippen LogP contribution in [0.5, 0.6) is 0 Å². The lowest BCUT2D eigenvalue weighted by Gasteiger charge is -2.32. The number of H-pyrrole nitrogens is 1. The van der Waals surface area contributed by atoms with E-state index in [1.165, 1.54) is 0 Å². The molecular formula is C10H12F3N3O. The summed E-state index contributed by atoms with van der Waals surface area (Å²) in [5.74, 6) is -1.25. The molecule has 0 radical (unpaired) electrons. The molecule has 0 bridgehead atoms. The van der Waals surface area contributed by atoms with E-state index in [0.717, 1.165) is 11.3 Å². The van der Waals surface area contributed by atoms with Crippen molar-refractivity contribution in [3.63, 3.8) is 0 Å². The summed E-state index contributed by atoms with van der Waals surface area (Å²) in [6, 6.07) is 0. The Bertz CT molecular complexity index is 388. The molecular weight excluding hydrogens is 235 g/mol. The van der Waals surface area contributed by atoms with Crippen LogP contribution in [0, 0.1) is 0 Å². The Kier molecular flexibility index (Phi) is 3.08. The van der Waals surface area contributed by atoms with Gasteiger partial charge in [-0.2, -0.15) is 13.2 Å². The molecule has 1 aromatic rings. The van der Waals surface area contributed by atoms with Crippen molar-refractivity contribution in [3.05, 3.63) is 18.2 Å². The zero-order valence-electron chi connectivity index (χ0n) is 9.00. The molecule has 0 aromatic carbocycles. The van der Waals surface area contributed by atoms with Crippen LogP contribution in [0.1, 0.15) is 24.6 Å². The van der Waals surface area contributed by atoms with Crippen LogP contribution in [-0.2, 0) is 4.79 Å². The molecule has 4 nitrogen and oxygen atoms in total. The standard InChI is InChI=1S/C10H12F3N3O/c11-10(12,13)9(17)16-5-1-2-7(6-16)8-14-3-4-15-8/h3-4,7H,1-2,5-6H2,(H,14,15). The largest absolute Gasteiger partial charge is 0.471 e. The minimum Gasteiger partial charge on any atom is -0.348 e. The van der Waals surface area contributed by atoms with Gasteiger partial charge < -0.3 is 9.88 Å². The van der Waals surface area contributed by atoms with Crippen molar-refractivity contribution in [1.82, 2.24) is 14.9 Å². The van der Waals surface area contributed by atoms with Crippen LogP contribution >= 0.6 is 0 Å². The van der Waals surface area contributed by atoms with Gasteiger partial charge in [-0.1, -0.05) is 0 Å². The van der Waals surface area contributed by atoms with Gasteiger partial charge in [0.1, 0.15) is 5.82 Å². The lowest BCUT2D eigenvalue weighted by Crippen LogP contribution is -2.45. The first kappa shape index (κ1) is 11.9. The van der Waals surface area contributed by atoms with E-state index in [4.69, 9.17) is 0 Å². The third kappa shape index (κ3) is 2.59. The molecule has 1 fully saturated rings. The number of alkyl halides is 3. The number of aromatic amines is 1. The average molecular weight is 247 g/mol. The van der Waals surface area contributed by atoms with Gasteiger partial charge in [0.2, 0.25) is 0 Å². The number of nitrogens with one attached hydrogen (secondary N) is 1. The van der Waals surface area contributed by atoms with Crippen molar-refractivity contribution in [2.45, 2.75) is 24.9 Å². The number of nitrogens with zero attached hydrogens (tertiary/aromatic N) is 2. The second-order valence-corrected chi connectivity index (χ2v) is 4.06. The third-order valence-electron chi connectivity index (χ3n) is 2.86. The van der Waals surface area contributed by atoms with Crippen LogP contribution < -0.4 is 0 Å². The zero-order chi connectivity index (χ0) is 12.5. The predicted octanol–water partition coefficient (Wildman–Crippen LogP) is 1.68. The Hall–Kier alpha value is -1.53. The highest BCUT2D eigenvalue weighted by Crippen LogP contribution is 2.27. The van der Waals surface area contributed by atoms with E-state index in [0.29, 0.717) is 12.2 Å². The molecule has 1 unspecified atom stereocenters. The lowest BCUT2D eigenvalue weighted by molar-refractivity contribution is -0.186. The van der Waals surface area contributed by atoms with Gasteiger partial charge in [0.25, 0.3) is 0 Å². The molecule has 94 valence electrons. The van der Waals surface area contributed by atoms with Crippen LogP contribution in [0.25, 0.3) is 0 Å². The number of amides is 1. The monoisotopic (exact) mass is 247 g/mol. The molecule has 1 aliphatic heterocycles. The number of rotatable bonds is 1. The number of likely N-dealkylation sites (tertiary alicyclic amines) is 1. The number of carbonyl (C=O) groups is 1. The summed E-state index contributed by atoms with van der Waals surface area (Å²) in [5, 5.41) is 0. The first-order valence-corrected chi connectivity index (χ1v) is 5.34. The predicted molar refractivity (Wildman–Crippen MR) is 53.2 cm³/mol. The Morgan fingerprint density at radius 2 is 2.29 bits per heavy atom. The van der Waals surface area contributed by atoms with Gasteiger partial charge in [-0.05, 0) is 12.8 Å². The summed E-state index contributed by atoms with van der Waals surface area (Å²) in [5.41, 5.74) is 0. The van der Waals surface area contributed by atoms with Crippen LogP contribution in [0.2, 0.25) is 0 Å². The molecule has 1 N–H and O–H groups in total. The summed E-state index contributed by atoms with van der Waals surface area (Å²) in [6.07, 6.45) is -0.299. The molecule has 1 saturated heterocycles. The van der Waals surface area contributed by atoms with E-state index in [2.05, 4.69) is 9.97 Å². The van der Waals surface area contributed by atoms with E-state index in [9.17, 15) is 18.0 Å². The van der Waals surface area contributed by atoms with E-state index in [1.54, 1.807) is 12.4 Å². The highest BCUT2D eigenvalue weighted by atomic mass is 19.4. The normalized spacial score (nSPS) is 21.6. The van der Waals surface area contributed by atoms with Gasteiger partial charge in [0.05, 0.1) is 0 Å². The fourth-order valence-corrected chi connectivity index (χ4v) is 2.06. The maximum atomic E-state index is 12.3. The average Bonchev–Trinajstić information content (AvgIpc) is 2.80. The van der Waals surface area contributed by atoms with Crippen LogP contribution in [-0.4, -0.2) is 40.0 Å². The van der Waals surface area contributed by atoms with Crippen molar-refractivity contribution >= 4 is 5.91 Å². The molecule has 7 heteroatoms. The molecule has 1 amide bonds. The fourth-order valence-electron chi connectivity index (χ4n) is 2.06. The first-order valence-electron chi connectivity index (χ1n) is 5.34. The molecule has 1 atom stereocenters. The van der Waals surface area contributed by atoms with E-state index >= 15 is 0 Å². The van der Waals surface area contributed by atoms with Crippen molar-refractivity contribution in [1.29, 1.82) is 0 Å². The van der Waals surface area contributed by atoms with Gasteiger partial charge in [-0.15, -0.1) is 0 Å². The summed E-state index contributed by atoms with van der Waals surface area (Å²) in [7, 11) is 0. The van der Waals surface area contributed by atoms with Gasteiger partial charge >= 0.3 is 12.1 Å². The van der Waals surface area contributed by atoms with E-state index in [1.807, 2.05) is 0 Å². The van der Waals surface area contributed by atoms with E-state index in [-0.39, 0.29) is 19.0 Å². The molecule has 17 heavy (non-hydrogen) atoms. The lowest BCUT2D eigenvalue weighted by atomic mass is 9.97. The second-order valence-electron chi connectivity index (χ2n) is 4.06. The smallest absolute Gasteiger partial charge is 0.348 e. The maximum absolute atomic E-state index is 12.3. The highest BCUT2D eigenvalue weighted by Gasteiger charge is 2.43. The summed E-state index contributed by atoms with van der Waals surface area (Å²) in [4.78, 5) is 18.9. The number of aromatic nitrogens is 2. The van der Waals surface area contributed by atoms with Gasteiger partial charge in [-0.3, -0.25) is 4.79 Å². The fraction of sp³-hybridized carbons (Fsp3) is 0.600. The number of carbonyl (C=O) groups excluding carboxylic acids is 1. The van der Waals surface area contributed by atoms with Gasteiger partial charge in [0, 0.05) is 31.4 Å². The zero-order valence-corrected chi connectivity index (χ0v) is 9.00. The number of piperidine rings is 1. The Labute approximate surface area is 95.8 Å². The molecule has 1 aliphatic rings. The third-order valence-corrected chi connectivity index (χ3v) is 2.86. The van der Waals surface area contributed by atoms with Crippen molar-refractivity contribution < 1.29 is 18.0 Å². The van der Waals surface area contributed by atoms with Crippen LogP contribution in [0.3, 0.4) is 0 Å². The second kappa shape index (κ2) is 4.38. The van der Waals surface area contributed by atoms with Crippen LogP contribution in [0.4, 0.5) is 13.2 Å². The van der Waals surface area contributed by atoms with Crippen molar-refractivity contribution in [2.75, 3.05) is 13.1 Å². The Morgan fingerprint density at radius 3 is 2.88 bits per heavy atom. The number of halogens is 3. The summed E-state index contributed by atoms with van der Waals surface area (Å²) in [6.45, 7) is 0.238. The molecule has 0 spiro atoms. The maximum Gasteiger partial charge on any atom is 0.471 e. The first-order chi connectivity index (χ1) is 7.98. The highest BCUT2D eigenvalue weighted by molar-refractivity contribution is 5.82. The van der Waals surface area contributed by atoms with Crippen molar-refractivity contribution in [3.8, 4) is 0 Å². The Balaban J connectivity index is 2.05. The quantitative estimate of drug-likeness (QED) is 0.820. The topological polar surface area (TPSA) is 49.0 Å². The minimum atomic E-state index is -4.79. The SMILES string of the molecule is O=C(N1CCCC(c2ncc[nH]2)C1)C(F)(F)F. The minimum absolute atomic E-state index is 0.0753. The van der Waals surface area contributed by atoms with Gasteiger partial charge in [-0.25, -0.2) is 4.98 Å². The van der Waals surface area contributed by atoms with E-state index < -0.39 is 12.1 Å². The Morgan fingerprint density at radius 1 is 1.53 bits per heavy atom. The number of hydrogen-bond donors (Lipinski definition) is 1. The van der Waals surface area contributed by atoms with Crippen molar-refractivity contribution in [2.24, 2.45) is 0 Å². The molecule has 1 aromatic heterocycles. The van der Waals surface area contributed by atoms with Gasteiger partial charge in [0.15, 0.2) is 0 Å². The molecule has 2 rings (SSSR count). The molecule has 0 aliphatic carbocycles. The molecule has 0 saturated carbocycles.